The van der Waals surface area contributed by atoms with Crippen molar-refractivity contribution in [3.8, 4) is 17.2 Å². The Morgan fingerprint density at radius 1 is 0.971 bits per heavy atom. The largest absolute Gasteiger partial charge is 0.493 e. The Bertz CT molecular complexity index is 1160. The van der Waals surface area contributed by atoms with Gasteiger partial charge in [-0.05, 0) is 79.9 Å². The summed E-state index contributed by atoms with van der Waals surface area (Å²) in [6.07, 6.45) is 2.34. The lowest BCUT2D eigenvalue weighted by molar-refractivity contribution is -0.384. The van der Waals surface area contributed by atoms with Crippen LogP contribution >= 0.6 is 11.6 Å². The minimum Gasteiger partial charge on any atom is -0.493 e. The van der Waals surface area contributed by atoms with Gasteiger partial charge in [0.05, 0.1) is 36.6 Å². The summed E-state index contributed by atoms with van der Waals surface area (Å²) in [5.41, 5.74) is 6.31. The van der Waals surface area contributed by atoms with Gasteiger partial charge < -0.3 is 14.2 Å². The normalized spacial score (nSPS) is 10.9. The van der Waals surface area contributed by atoms with E-state index in [0.717, 1.165) is 27.5 Å². The highest BCUT2D eigenvalue weighted by Gasteiger charge is 2.08. The molecule has 0 spiro atoms. The molecule has 35 heavy (non-hydrogen) atoms. The summed E-state index contributed by atoms with van der Waals surface area (Å²) in [7, 11) is 0. The summed E-state index contributed by atoms with van der Waals surface area (Å²) in [5, 5.41) is 15.7. The first-order valence-electron chi connectivity index (χ1n) is 11.2. The molecule has 0 aliphatic heterocycles. The maximum Gasteiger partial charge on any atom is 0.269 e. The number of non-ortho nitro benzene ring substituents is 1. The van der Waals surface area contributed by atoms with Gasteiger partial charge in [0.2, 0.25) is 0 Å². The fourth-order valence-electron chi connectivity index (χ4n) is 3.25. The van der Waals surface area contributed by atoms with Crippen molar-refractivity contribution in [3.05, 3.63) is 86.4 Å². The predicted molar refractivity (Wildman–Crippen MR) is 138 cm³/mol. The number of hydrogen-bond acceptors (Lipinski definition) is 7. The van der Waals surface area contributed by atoms with E-state index < -0.39 is 4.92 Å². The number of nitrogens with zero attached hydrogens (tertiary/aromatic N) is 2. The molecular formula is C26H28ClN3O5. The first-order valence-corrected chi connectivity index (χ1v) is 11.6. The van der Waals surface area contributed by atoms with Crippen LogP contribution in [0.3, 0.4) is 0 Å². The fourth-order valence-corrected chi connectivity index (χ4v) is 3.36. The summed E-state index contributed by atoms with van der Waals surface area (Å²) in [6.45, 7) is 7.31. The van der Waals surface area contributed by atoms with Crippen LogP contribution in [0, 0.1) is 24.0 Å². The number of anilines is 1. The lowest BCUT2D eigenvalue weighted by Gasteiger charge is -2.13. The van der Waals surface area contributed by atoms with Crippen molar-refractivity contribution < 1.29 is 19.1 Å². The van der Waals surface area contributed by atoms with Gasteiger partial charge in [0.1, 0.15) is 5.75 Å². The van der Waals surface area contributed by atoms with Gasteiger partial charge in [0, 0.05) is 23.6 Å². The fraction of sp³-hybridized carbons (Fsp3) is 0.269. The quantitative estimate of drug-likeness (QED) is 0.132. The smallest absolute Gasteiger partial charge is 0.269 e. The zero-order valence-corrected chi connectivity index (χ0v) is 20.7. The van der Waals surface area contributed by atoms with E-state index in [1.807, 2.05) is 51.1 Å². The van der Waals surface area contributed by atoms with Gasteiger partial charge in [-0.2, -0.15) is 5.10 Å². The molecule has 0 unspecified atom stereocenters. The molecule has 0 saturated carbocycles. The van der Waals surface area contributed by atoms with E-state index in [1.165, 1.54) is 12.1 Å². The third kappa shape index (κ3) is 7.61. The molecule has 0 atom stereocenters. The van der Waals surface area contributed by atoms with E-state index in [9.17, 15) is 10.1 Å². The highest BCUT2D eigenvalue weighted by molar-refractivity contribution is 6.32. The van der Waals surface area contributed by atoms with Crippen molar-refractivity contribution in [2.24, 2.45) is 5.10 Å². The third-order valence-electron chi connectivity index (χ3n) is 4.98. The Kier molecular flexibility index (Phi) is 9.31. The summed E-state index contributed by atoms with van der Waals surface area (Å²) < 4.78 is 17.5. The van der Waals surface area contributed by atoms with E-state index in [4.69, 9.17) is 25.8 Å². The second-order valence-corrected chi connectivity index (χ2v) is 8.11. The van der Waals surface area contributed by atoms with Crippen molar-refractivity contribution in [1.29, 1.82) is 0 Å². The Morgan fingerprint density at radius 2 is 1.66 bits per heavy atom. The van der Waals surface area contributed by atoms with Crippen LogP contribution in [0.25, 0.3) is 0 Å². The Labute approximate surface area is 209 Å². The lowest BCUT2D eigenvalue weighted by Crippen LogP contribution is -2.06. The molecule has 0 fully saturated rings. The molecule has 9 heteroatoms. The van der Waals surface area contributed by atoms with Gasteiger partial charge in [-0.1, -0.05) is 11.6 Å². The second kappa shape index (κ2) is 12.6. The SMILES string of the molecule is CCOc1cc(/C=N\Nc2ccc([N+](=O)[O-])cc2)ccc1OCCCOc1cc(C)c(Cl)c(C)c1. The first-order chi connectivity index (χ1) is 16.9. The van der Waals surface area contributed by atoms with Crippen LogP contribution in [-0.4, -0.2) is 31.0 Å². The number of halogens is 1. The van der Waals surface area contributed by atoms with Gasteiger partial charge in [0.15, 0.2) is 11.5 Å². The molecule has 0 saturated heterocycles. The average Bonchev–Trinajstić information content (AvgIpc) is 2.84. The number of nitrogens with one attached hydrogen (secondary N) is 1. The van der Waals surface area contributed by atoms with Crippen molar-refractivity contribution >= 4 is 29.2 Å². The summed E-state index contributed by atoms with van der Waals surface area (Å²) in [5.74, 6) is 2.06. The summed E-state index contributed by atoms with van der Waals surface area (Å²) in [4.78, 5) is 10.3. The van der Waals surface area contributed by atoms with Crippen molar-refractivity contribution in [2.75, 3.05) is 25.2 Å². The number of hydrogen-bond donors (Lipinski definition) is 1. The van der Waals surface area contributed by atoms with E-state index in [0.29, 0.717) is 43.4 Å². The van der Waals surface area contributed by atoms with Gasteiger partial charge >= 0.3 is 0 Å². The van der Waals surface area contributed by atoms with Crippen molar-refractivity contribution in [1.82, 2.24) is 0 Å². The van der Waals surface area contributed by atoms with Crippen LogP contribution in [0.4, 0.5) is 11.4 Å². The monoisotopic (exact) mass is 497 g/mol. The van der Waals surface area contributed by atoms with Gasteiger partial charge in [-0.15, -0.1) is 0 Å². The molecular weight excluding hydrogens is 470 g/mol. The van der Waals surface area contributed by atoms with Crippen LogP contribution in [-0.2, 0) is 0 Å². The predicted octanol–water partition coefficient (Wildman–Crippen LogP) is 6.56. The molecule has 8 nitrogen and oxygen atoms in total. The minimum atomic E-state index is -0.444. The molecule has 0 radical (unpaired) electrons. The van der Waals surface area contributed by atoms with E-state index in [1.54, 1.807) is 18.3 Å². The van der Waals surface area contributed by atoms with Crippen LogP contribution in [0.15, 0.2) is 59.7 Å². The van der Waals surface area contributed by atoms with Crippen LogP contribution in [0.1, 0.15) is 30.0 Å². The number of nitro groups is 1. The zero-order valence-electron chi connectivity index (χ0n) is 19.9. The van der Waals surface area contributed by atoms with E-state index in [-0.39, 0.29) is 5.69 Å². The Hall–Kier alpha value is -3.78. The second-order valence-electron chi connectivity index (χ2n) is 7.73. The maximum atomic E-state index is 10.7. The van der Waals surface area contributed by atoms with E-state index in [2.05, 4.69) is 10.5 Å². The number of nitro benzene ring substituents is 1. The molecule has 0 heterocycles. The molecule has 0 aliphatic rings. The number of aryl methyl sites for hydroxylation is 2. The number of rotatable bonds is 12. The van der Waals surface area contributed by atoms with Crippen molar-refractivity contribution in [3.63, 3.8) is 0 Å². The molecule has 184 valence electrons. The third-order valence-corrected chi connectivity index (χ3v) is 5.57. The maximum absolute atomic E-state index is 10.7. The minimum absolute atomic E-state index is 0.0261. The average molecular weight is 498 g/mol. The van der Waals surface area contributed by atoms with Gasteiger partial charge in [-0.3, -0.25) is 15.5 Å². The first kappa shape index (κ1) is 25.8. The lowest BCUT2D eigenvalue weighted by atomic mass is 10.1. The van der Waals surface area contributed by atoms with Crippen molar-refractivity contribution in [2.45, 2.75) is 27.2 Å². The molecule has 0 aliphatic carbocycles. The zero-order chi connectivity index (χ0) is 25.2. The van der Waals surface area contributed by atoms with Crippen LogP contribution in [0.2, 0.25) is 5.02 Å². The number of hydrazone groups is 1. The van der Waals surface area contributed by atoms with Gasteiger partial charge in [-0.25, -0.2) is 0 Å². The summed E-state index contributed by atoms with van der Waals surface area (Å²) >= 11 is 6.20. The molecule has 3 rings (SSSR count). The number of ether oxygens (including phenoxy) is 3. The molecule has 3 aromatic rings. The van der Waals surface area contributed by atoms with Gasteiger partial charge in [0.25, 0.3) is 5.69 Å². The molecule has 0 amide bonds. The topological polar surface area (TPSA) is 95.2 Å². The standard InChI is InChI=1S/C26H28ClN3O5/c1-4-33-25-16-20(17-28-29-21-7-9-22(10-8-21)30(31)32)6-11-24(25)35-13-5-12-34-23-14-18(2)26(27)19(3)15-23/h6-11,14-17,29H,4-5,12-13H2,1-3H3/b28-17-. The number of benzene rings is 3. The molecule has 0 aromatic heterocycles. The summed E-state index contributed by atoms with van der Waals surface area (Å²) in [6, 6.07) is 15.4. The van der Waals surface area contributed by atoms with Crippen LogP contribution < -0.4 is 19.6 Å². The van der Waals surface area contributed by atoms with E-state index >= 15 is 0 Å². The highest BCUT2D eigenvalue weighted by atomic mass is 35.5. The Balaban J connectivity index is 1.51. The molecule has 3 aromatic carbocycles. The molecule has 0 bridgehead atoms. The highest BCUT2D eigenvalue weighted by Crippen LogP contribution is 2.29. The molecule has 1 N–H and O–H groups in total. The Morgan fingerprint density at radius 3 is 2.31 bits per heavy atom. The van der Waals surface area contributed by atoms with Crippen LogP contribution in [0.5, 0.6) is 17.2 Å².